The molecule has 0 bridgehead atoms. The molecule has 0 saturated heterocycles. The molecule has 1 amide bonds. The van der Waals surface area contributed by atoms with Crippen LogP contribution in [-0.4, -0.2) is 29.0 Å². The molecular weight excluding hydrogens is 294 g/mol. The maximum absolute atomic E-state index is 11.5. The Hall–Kier alpha value is -2.89. The Bertz CT molecular complexity index is 701. The molecule has 1 aromatic carbocycles. The van der Waals surface area contributed by atoms with Crippen molar-refractivity contribution in [2.24, 2.45) is 0 Å². The average Bonchev–Trinajstić information content (AvgIpc) is 2.55. The Morgan fingerprint density at radius 2 is 2.09 bits per heavy atom. The number of nitrogens with one attached hydrogen (secondary N) is 1. The summed E-state index contributed by atoms with van der Waals surface area (Å²) in [7, 11) is 1.87. The van der Waals surface area contributed by atoms with Gasteiger partial charge in [-0.3, -0.25) is 9.78 Å². The molecule has 120 valence electrons. The number of benzene rings is 1. The Labute approximate surface area is 134 Å². The number of amides is 1. The highest BCUT2D eigenvalue weighted by atomic mass is 16.4. The van der Waals surface area contributed by atoms with Crippen molar-refractivity contribution in [3.63, 3.8) is 0 Å². The summed E-state index contributed by atoms with van der Waals surface area (Å²) in [4.78, 5) is 28.9. The third-order valence-electron chi connectivity index (χ3n) is 3.41. The molecule has 6 nitrogen and oxygen atoms in total. The minimum Gasteiger partial charge on any atom is -0.478 e. The SMILES string of the molecule is CCC(=O)Nc1ccc(N(C)Cc2cccnc2)cc1C(=O)O. The molecule has 0 spiro atoms. The van der Waals surface area contributed by atoms with Gasteiger partial charge in [0.05, 0.1) is 11.3 Å². The molecule has 2 rings (SSSR count). The maximum Gasteiger partial charge on any atom is 0.337 e. The highest BCUT2D eigenvalue weighted by molar-refractivity contribution is 6.01. The van der Waals surface area contributed by atoms with Gasteiger partial charge in [-0.05, 0) is 29.8 Å². The maximum atomic E-state index is 11.5. The van der Waals surface area contributed by atoms with E-state index in [2.05, 4.69) is 10.3 Å². The third kappa shape index (κ3) is 4.29. The minimum absolute atomic E-state index is 0.0716. The first-order chi connectivity index (χ1) is 11.0. The van der Waals surface area contributed by atoms with Crippen LogP contribution in [0.1, 0.15) is 29.3 Å². The van der Waals surface area contributed by atoms with E-state index in [1.54, 1.807) is 37.5 Å². The van der Waals surface area contributed by atoms with E-state index in [1.165, 1.54) is 0 Å². The summed E-state index contributed by atoms with van der Waals surface area (Å²) in [5, 5.41) is 12.0. The molecular formula is C17H19N3O3. The lowest BCUT2D eigenvalue weighted by Gasteiger charge is -2.20. The van der Waals surface area contributed by atoms with Crippen LogP contribution in [-0.2, 0) is 11.3 Å². The number of hydrogen-bond acceptors (Lipinski definition) is 4. The van der Waals surface area contributed by atoms with E-state index in [0.29, 0.717) is 18.7 Å². The van der Waals surface area contributed by atoms with Crippen molar-refractivity contribution in [1.82, 2.24) is 4.98 Å². The van der Waals surface area contributed by atoms with E-state index < -0.39 is 5.97 Å². The highest BCUT2D eigenvalue weighted by Crippen LogP contribution is 2.24. The lowest BCUT2D eigenvalue weighted by atomic mass is 10.1. The van der Waals surface area contributed by atoms with E-state index in [-0.39, 0.29) is 11.5 Å². The Morgan fingerprint density at radius 3 is 2.70 bits per heavy atom. The number of hydrogen-bond donors (Lipinski definition) is 2. The fourth-order valence-electron chi connectivity index (χ4n) is 2.15. The molecule has 1 aromatic heterocycles. The van der Waals surface area contributed by atoms with Crippen molar-refractivity contribution in [1.29, 1.82) is 0 Å². The van der Waals surface area contributed by atoms with E-state index in [9.17, 15) is 14.7 Å². The number of carbonyl (C=O) groups excluding carboxylic acids is 1. The molecule has 0 aliphatic carbocycles. The number of aromatic nitrogens is 1. The van der Waals surface area contributed by atoms with Crippen molar-refractivity contribution in [2.45, 2.75) is 19.9 Å². The summed E-state index contributed by atoms with van der Waals surface area (Å²) in [6.45, 7) is 2.32. The van der Waals surface area contributed by atoms with Crippen LogP contribution in [0.3, 0.4) is 0 Å². The van der Waals surface area contributed by atoms with Crippen LogP contribution in [0.15, 0.2) is 42.7 Å². The van der Waals surface area contributed by atoms with Gasteiger partial charge < -0.3 is 15.3 Å². The normalized spacial score (nSPS) is 10.2. The Morgan fingerprint density at radius 1 is 1.30 bits per heavy atom. The van der Waals surface area contributed by atoms with Gasteiger partial charge in [0, 0.05) is 38.1 Å². The van der Waals surface area contributed by atoms with Gasteiger partial charge >= 0.3 is 5.97 Å². The average molecular weight is 313 g/mol. The number of anilines is 2. The second kappa shape index (κ2) is 7.40. The van der Waals surface area contributed by atoms with Gasteiger partial charge in [0.25, 0.3) is 0 Å². The quantitative estimate of drug-likeness (QED) is 0.857. The molecule has 0 radical (unpaired) electrons. The summed E-state index contributed by atoms with van der Waals surface area (Å²) in [5.74, 6) is -1.29. The second-order valence-electron chi connectivity index (χ2n) is 5.15. The zero-order valence-electron chi connectivity index (χ0n) is 13.1. The molecule has 0 aliphatic heterocycles. The van der Waals surface area contributed by atoms with Crippen LogP contribution in [0.4, 0.5) is 11.4 Å². The number of nitrogens with zero attached hydrogens (tertiary/aromatic N) is 2. The summed E-state index contributed by atoms with van der Waals surface area (Å²) >= 11 is 0. The van der Waals surface area contributed by atoms with Crippen LogP contribution < -0.4 is 10.2 Å². The lowest BCUT2D eigenvalue weighted by Crippen LogP contribution is -2.18. The van der Waals surface area contributed by atoms with E-state index in [1.807, 2.05) is 24.1 Å². The molecule has 6 heteroatoms. The first-order valence-electron chi connectivity index (χ1n) is 7.28. The number of carboxylic acids is 1. The van der Waals surface area contributed by atoms with Gasteiger partial charge in [-0.25, -0.2) is 4.79 Å². The molecule has 0 fully saturated rings. The van der Waals surface area contributed by atoms with Crippen molar-refractivity contribution in [3.05, 3.63) is 53.9 Å². The first kappa shape index (κ1) is 16.5. The van der Waals surface area contributed by atoms with Crippen molar-refractivity contribution in [3.8, 4) is 0 Å². The molecule has 2 N–H and O–H groups in total. The molecule has 0 aliphatic rings. The van der Waals surface area contributed by atoms with Crippen LogP contribution in [0, 0.1) is 0 Å². The summed E-state index contributed by atoms with van der Waals surface area (Å²) < 4.78 is 0. The van der Waals surface area contributed by atoms with Gasteiger partial charge in [-0.1, -0.05) is 13.0 Å². The number of rotatable bonds is 6. The highest BCUT2D eigenvalue weighted by Gasteiger charge is 2.14. The van der Waals surface area contributed by atoms with Gasteiger partial charge in [0.1, 0.15) is 0 Å². The molecule has 0 atom stereocenters. The fraction of sp³-hybridized carbons (Fsp3) is 0.235. The monoisotopic (exact) mass is 313 g/mol. The topological polar surface area (TPSA) is 82.5 Å². The van der Waals surface area contributed by atoms with Crippen LogP contribution >= 0.6 is 0 Å². The predicted molar refractivity (Wildman–Crippen MR) is 88.7 cm³/mol. The van der Waals surface area contributed by atoms with Crippen molar-refractivity contribution in [2.75, 3.05) is 17.3 Å². The van der Waals surface area contributed by atoms with Gasteiger partial charge in [-0.15, -0.1) is 0 Å². The molecule has 1 heterocycles. The largest absolute Gasteiger partial charge is 0.478 e. The standard InChI is InChI=1S/C17H19N3O3/c1-3-16(21)19-15-7-6-13(9-14(15)17(22)23)20(2)11-12-5-4-8-18-10-12/h4-10H,3,11H2,1-2H3,(H,19,21)(H,22,23). The van der Waals surface area contributed by atoms with Crippen LogP contribution in [0.5, 0.6) is 0 Å². The van der Waals surface area contributed by atoms with Crippen molar-refractivity contribution >= 4 is 23.3 Å². The lowest BCUT2D eigenvalue weighted by molar-refractivity contribution is -0.115. The smallest absolute Gasteiger partial charge is 0.337 e. The summed E-state index contributed by atoms with van der Waals surface area (Å²) in [6, 6.07) is 8.77. The van der Waals surface area contributed by atoms with Gasteiger partial charge in [-0.2, -0.15) is 0 Å². The molecule has 0 saturated carbocycles. The van der Waals surface area contributed by atoms with Crippen LogP contribution in [0.2, 0.25) is 0 Å². The van der Waals surface area contributed by atoms with E-state index >= 15 is 0 Å². The number of aromatic carboxylic acids is 1. The molecule has 0 unspecified atom stereocenters. The van der Waals surface area contributed by atoms with Gasteiger partial charge in [0.2, 0.25) is 5.91 Å². The number of carbonyl (C=O) groups is 2. The number of carboxylic acid groups (broad SMARTS) is 1. The summed E-state index contributed by atoms with van der Waals surface area (Å²) in [6.07, 6.45) is 3.77. The molecule has 2 aromatic rings. The third-order valence-corrected chi connectivity index (χ3v) is 3.41. The van der Waals surface area contributed by atoms with Gasteiger partial charge in [0.15, 0.2) is 0 Å². The zero-order chi connectivity index (χ0) is 16.8. The predicted octanol–water partition coefficient (Wildman–Crippen LogP) is 2.76. The van der Waals surface area contributed by atoms with Crippen molar-refractivity contribution < 1.29 is 14.7 Å². The van der Waals surface area contributed by atoms with Crippen LogP contribution in [0.25, 0.3) is 0 Å². The first-order valence-corrected chi connectivity index (χ1v) is 7.28. The summed E-state index contributed by atoms with van der Waals surface area (Å²) in [5.41, 5.74) is 2.15. The fourth-order valence-corrected chi connectivity index (χ4v) is 2.15. The van der Waals surface area contributed by atoms with E-state index in [0.717, 1.165) is 11.3 Å². The Balaban J connectivity index is 2.24. The van der Waals surface area contributed by atoms with E-state index in [4.69, 9.17) is 0 Å². The Kier molecular flexibility index (Phi) is 5.30. The zero-order valence-corrected chi connectivity index (χ0v) is 13.1. The minimum atomic E-state index is -1.08. The molecule has 23 heavy (non-hydrogen) atoms. The second-order valence-corrected chi connectivity index (χ2v) is 5.15. The number of pyridine rings is 1.